The zero-order valence-corrected chi connectivity index (χ0v) is 9.90. The Morgan fingerprint density at radius 2 is 1.75 bits per heavy atom. The van der Waals surface area contributed by atoms with Crippen molar-refractivity contribution < 1.29 is 14.3 Å². The molecule has 4 nitrogen and oxygen atoms in total. The maximum absolute atomic E-state index is 11.9. The molecular weight excluding hydrogens is 206 g/mol. The summed E-state index contributed by atoms with van der Waals surface area (Å²) >= 11 is 0. The van der Waals surface area contributed by atoms with Gasteiger partial charge in [-0.3, -0.25) is 4.79 Å². The number of methoxy groups -OCH3 is 2. The van der Waals surface area contributed by atoms with Crippen LogP contribution in [0.25, 0.3) is 0 Å². The molecule has 1 aromatic carbocycles. The summed E-state index contributed by atoms with van der Waals surface area (Å²) in [5.41, 5.74) is 1.69. The Morgan fingerprint density at radius 3 is 2.31 bits per heavy atom. The second kappa shape index (κ2) is 3.70. The molecule has 0 aromatic heterocycles. The monoisotopic (exact) mass is 221 g/mol. The van der Waals surface area contributed by atoms with Gasteiger partial charge in [0.15, 0.2) is 11.5 Å². The molecule has 0 saturated carbocycles. The molecule has 0 fully saturated rings. The summed E-state index contributed by atoms with van der Waals surface area (Å²) in [5.74, 6) is 1.29. The van der Waals surface area contributed by atoms with Crippen molar-refractivity contribution in [1.29, 1.82) is 0 Å². The number of nitrogens with zero attached hydrogens (tertiary/aromatic N) is 1. The average Bonchev–Trinajstić information content (AvgIpc) is 2.52. The number of hydrogen-bond acceptors (Lipinski definition) is 3. The first kappa shape index (κ1) is 10.8. The standard InChI is InChI=1S/C12H15NO3/c1-7-8-5-10(15-3)11(16-4)6-9(8)12(14)13(7)2/h5-7H,1-4H3/t7-/m0/s1. The van der Waals surface area contributed by atoms with Gasteiger partial charge in [-0.05, 0) is 24.6 Å². The van der Waals surface area contributed by atoms with Gasteiger partial charge >= 0.3 is 0 Å². The predicted octanol–water partition coefficient (Wildman–Crippen LogP) is 1.85. The molecule has 0 N–H and O–H groups in total. The van der Waals surface area contributed by atoms with Crippen LogP contribution in [0.1, 0.15) is 28.9 Å². The first-order valence-electron chi connectivity index (χ1n) is 5.13. The average molecular weight is 221 g/mol. The van der Waals surface area contributed by atoms with Gasteiger partial charge in [-0.25, -0.2) is 0 Å². The van der Waals surface area contributed by atoms with Crippen LogP contribution in [0.2, 0.25) is 0 Å². The quantitative estimate of drug-likeness (QED) is 0.765. The highest BCUT2D eigenvalue weighted by Gasteiger charge is 2.32. The third kappa shape index (κ3) is 1.33. The molecule has 1 amide bonds. The summed E-state index contributed by atoms with van der Waals surface area (Å²) in [7, 11) is 4.96. The molecule has 86 valence electrons. The first-order chi connectivity index (χ1) is 7.60. The fourth-order valence-corrected chi connectivity index (χ4v) is 2.00. The van der Waals surface area contributed by atoms with E-state index < -0.39 is 0 Å². The van der Waals surface area contributed by atoms with Crippen LogP contribution in [0.15, 0.2) is 12.1 Å². The lowest BCUT2D eigenvalue weighted by atomic mass is 10.0. The molecule has 4 heteroatoms. The summed E-state index contributed by atoms with van der Waals surface area (Å²) in [6.45, 7) is 2.00. The van der Waals surface area contributed by atoms with Crippen molar-refractivity contribution in [3.05, 3.63) is 23.3 Å². The molecule has 1 heterocycles. The zero-order chi connectivity index (χ0) is 11.9. The molecule has 2 rings (SSSR count). The lowest BCUT2D eigenvalue weighted by Crippen LogP contribution is -2.20. The number of hydrogen-bond donors (Lipinski definition) is 0. The van der Waals surface area contributed by atoms with E-state index in [2.05, 4.69) is 0 Å². The molecule has 16 heavy (non-hydrogen) atoms. The van der Waals surface area contributed by atoms with Crippen LogP contribution in [0.5, 0.6) is 11.5 Å². The van der Waals surface area contributed by atoms with Crippen LogP contribution >= 0.6 is 0 Å². The smallest absolute Gasteiger partial charge is 0.254 e. The molecule has 0 unspecified atom stereocenters. The normalized spacial score (nSPS) is 18.6. The summed E-state index contributed by atoms with van der Waals surface area (Å²) in [5, 5.41) is 0. The zero-order valence-electron chi connectivity index (χ0n) is 9.90. The van der Waals surface area contributed by atoms with Crippen LogP contribution in [-0.2, 0) is 0 Å². The van der Waals surface area contributed by atoms with E-state index in [9.17, 15) is 4.79 Å². The lowest BCUT2D eigenvalue weighted by Gasteiger charge is -2.15. The molecule has 1 aliphatic heterocycles. The maximum Gasteiger partial charge on any atom is 0.254 e. The van der Waals surface area contributed by atoms with Crippen molar-refractivity contribution in [3.8, 4) is 11.5 Å². The van der Waals surface area contributed by atoms with E-state index >= 15 is 0 Å². The second-order valence-corrected chi connectivity index (χ2v) is 3.89. The SMILES string of the molecule is COc1cc2c(cc1OC)[C@H](C)N(C)C2=O. The molecule has 0 bridgehead atoms. The van der Waals surface area contributed by atoms with E-state index in [0.29, 0.717) is 17.1 Å². The summed E-state index contributed by atoms with van der Waals surface area (Å²) in [6.07, 6.45) is 0. The molecular formula is C12H15NO3. The van der Waals surface area contributed by atoms with Crippen LogP contribution in [0, 0.1) is 0 Å². The third-order valence-corrected chi connectivity index (χ3v) is 3.14. The number of carbonyl (C=O) groups excluding carboxylic acids is 1. The van der Waals surface area contributed by atoms with E-state index in [0.717, 1.165) is 5.56 Å². The number of fused-ring (bicyclic) bond motifs is 1. The molecule has 0 aliphatic carbocycles. The van der Waals surface area contributed by atoms with E-state index in [1.54, 1.807) is 32.2 Å². The largest absolute Gasteiger partial charge is 0.493 e. The van der Waals surface area contributed by atoms with Gasteiger partial charge in [-0.15, -0.1) is 0 Å². The van der Waals surface area contributed by atoms with Gasteiger partial charge in [-0.2, -0.15) is 0 Å². The Kier molecular flexibility index (Phi) is 2.50. The third-order valence-electron chi connectivity index (χ3n) is 3.14. The van der Waals surface area contributed by atoms with Gasteiger partial charge in [0, 0.05) is 12.6 Å². The number of amides is 1. The minimum Gasteiger partial charge on any atom is -0.493 e. The van der Waals surface area contributed by atoms with Crippen LogP contribution < -0.4 is 9.47 Å². The number of carbonyl (C=O) groups is 1. The van der Waals surface area contributed by atoms with E-state index in [-0.39, 0.29) is 11.9 Å². The predicted molar refractivity (Wildman–Crippen MR) is 60.1 cm³/mol. The van der Waals surface area contributed by atoms with Gasteiger partial charge in [0.2, 0.25) is 0 Å². The maximum atomic E-state index is 11.9. The van der Waals surface area contributed by atoms with Gasteiger partial charge in [0.1, 0.15) is 0 Å². The first-order valence-corrected chi connectivity index (χ1v) is 5.13. The van der Waals surface area contributed by atoms with Crippen LogP contribution in [-0.4, -0.2) is 32.1 Å². The van der Waals surface area contributed by atoms with Crippen molar-refractivity contribution >= 4 is 5.91 Å². The molecule has 1 aromatic rings. The highest BCUT2D eigenvalue weighted by atomic mass is 16.5. The minimum absolute atomic E-state index is 0.0310. The van der Waals surface area contributed by atoms with E-state index in [1.807, 2.05) is 13.0 Å². The molecule has 1 atom stereocenters. The van der Waals surface area contributed by atoms with Gasteiger partial charge in [-0.1, -0.05) is 0 Å². The Bertz CT molecular complexity index is 442. The molecule has 0 spiro atoms. The Morgan fingerprint density at radius 1 is 1.19 bits per heavy atom. The highest BCUT2D eigenvalue weighted by molar-refractivity contribution is 5.99. The van der Waals surface area contributed by atoms with E-state index in [4.69, 9.17) is 9.47 Å². The van der Waals surface area contributed by atoms with Crippen LogP contribution in [0.3, 0.4) is 0 Å². The van der Waals surface area contributed by atoms with Crippen molar-refractivity contribution in [2.75, 3.05) is 21.3 Å². The van der Waals surface area contributed by atoms with E-state index in [1.165, 1.54) is 0 Å². The fourth-order valence-electron chi connectivity index (χ4n) is 2.00. The molecule has 0 radical (unpaired) electrons. The highest BCUT2D eigenvalue weighted by Crippen LogP contribution is 2.39. The number of rotatable bonds is 2. The van der Waals surface area contributed by atoms with Crippen molar-refractivity contribution in [1.82, 2.24) is 4.90 Å². The number of benzene rings is 1. The molecule has 0 saturated heterocycles. The van der Waals surface area contributed by atoms with Gasteiger partial charge in [0.05, 0.1) is 20.3 Å². The Hall–Kier alpha value is -1.71. The minimum atomic E-state index is 0.0310. The van der Waals surface area contributed by atoms with Crippen molar-refractivity contribution in [2.45, 2.75) is 13.0 Å². The van der Waals surface area contributed by atoms with Gasteiger partial charge in [0.25, 0.3) is 5.91 Å². The Balaban J connectivity index is 2.59. The summed E-state index contributed by atoms with van der Waals surface area (Å²) < 4.78 is 10.4. The van der Waals surface area contributed by atoms with Crippen LogP contribution in [0.4, 0.5) is 0 Å². The molecule has 1 aliphatic rings. The lowest BCUT2D eigenvalue weighted by molar-refractivity contribution is 0.0784. The number of ether oxygens (including phenoxy) is 2. The summed E-state index contributed by atoms with van der Waals surface area (Å²) in [4.78, 5) is 13.6. The summed E-state index contributed by atoms with van der Waals surface area (Å²) in [6, 6.07) is 3.71. The van der Waals surface area contributed by atoms with Crippen molar-refractivity contribution in [3.63, 3.8) is 0 Å². The Labute approximate surface area is 94.8 Å². The van der Waals surface area contributed by atoms with Gasteiger partial charge < -0.3 is 14.4 Å². The second-order valence-electron chi connectivity index (χ2n) is 3.89. The topological polar surface area (TPSA) is 38.8 Å². The fraction of sp³-hybridized carbons (Fsp3) is 0.417. The van der Waals surface area contributed by atoms with Crippen molar-refractivity contribution in [2.24, 2.45) is 0 Å².